The second-order valence-electron chi connectivity index (χ2n) is 2.43. The topological polar surface area (TPSA) is 30.7 Å². The Morgan fingerprint density at radius 2 is 2.08 bits per heavy atom. The van der Waals surface area contributed by atoms with Crippen molar-refractivity contribution in [3.63, 3.8) is 0 Å². The minimum absolute atomic E-state index is 0.00463. The van der Waals surface area contributed by atoms with Gasteiger partial charge in [0.25, 0.3) is 0 Å². The molecule has 0 radical (unpaired) electrons. The van der Waals surface area contributed by atoms with Crippen LogP contribution in [0, 0.1) is 0 Å². The fraction of sp³-hybridized carbons (Fsp3) is 0.143. The van der Waals surface area contributed by atoms with Crippen LogP contribution in [-0.2, 0) is 6.30 Å². The molecule has 0 saturated carbocycles. The molecule has 0 fully saturated rings. The largest absolute Gasteiger partial charge is 0.505 e. The summed E-state index contributed by atoms with van der Waals surface area (Å²) in [4.78, 5) is 3.73. The van der Waals surface area contributed by atoms with Crippen LogP contribution in [-0.4, -0.2) is 14.8 Å². The maximum absolute atomic E-state index is 12.2. The number of rotatable bonds is 0. The SMILES string of the molecule is FC(F)(F)n1ncc2ncccc21. The fourth-order valence-corrected chi connectivity index (χ4v) is 1.06. The number of fused-ring (bicyclic) bond motifs is 1. The molecule has 0 spiro atoms. The molecule has 0 unspecified atom stereocenters. The van der Waals surface area contributed by atoms with E-state index in [0.29, 0.717) is 0 Å². The molecule has 0 saturated heterocycles. The van der Waals surface area contributed by atoms with Gasteiger partial charge in [0, 0.05) is 6.20 Å². The van der Waals surface area contributed by atoms with Crippen LogP contribution in [0.2, 0.25) is 0 Å². The van der Waals surface area contributed by atoms with Crippen LogP contribution >= 0.6 is 0 Å². The second kappa shape index (κ2) is 2.45. The Bertz CT molecular complexity index is 432. The molecule has 6 heteroatoms. The van der Waals surface area contributed by atoms with Crippen molar-refractivity contribution in [1.29, 1.82) is 0 Å². The van der Waals surface area contributed by atoms with Crippen LogP contribution in [0.4, 0.5) is 13.2 Å². The van der Waals surface area contributed by atoms with E-state index in [1.807, 2.05) is 0 Å². The van der Waals surface area contributed by atoms with Gasteiger partial charge in [-0.2, -0.15) is 9.78 Å². The quantitative estimate of drug-likeness (QED) is 0.630. The molecule has 2 heterocycles. The van der Waals surface area contributed by atoms with Crippen LogP contribution in [0.25, 0.3) is 11.0 Å². The van der Waals surface area contributed by atoms with Gasteiger partial charge < -0.3 is 0 Å². The summed E-state index contributed by atoms with van der Waals surface area (Å²) in [5, 5.41) is 3.20. The Morgan fingerprint density at radius 3 is 2.77 bits per heavy atom. The first-order valence-electron chi connectivity index (χ1n) is 3.45. The molecule has 0 amide bonds. The van der Waals surface area contributed by atoms with Crippen molar-refractivity contribution in [2.45, 2.75) is 6.30 Å². The summed E-state index contributed by atoms with van der Waals surface area (Å²) in [6.45, 7) is 0. The Hall–Kier alpha value is -1.59. The molecule has 0 bridgehead atoms. The highest BCUT2D eigenvalue weighted by atomic mass is 19.4. The summed E-state index contributed by atoms with van der Waals surface area (Å²) < 4.78 is 36.7. The average Bonchev–Trinajstić information content (AvgIpc) is 2.45. The molecule has 0 aliphatic rings. The van der Waals surface area contributed by atoms with Crippen LogP contribution < -0.4 is 0 Å². The average molecular weight is 187 g/mol. The lowest BCUT2D eigenvalue weighted by Gasteiger charge is -2.05. The van der Waals surface area contributed by atoms with Crippen molar-refractivity contribution >= 4 is 11.0 Å². The summed E-state index contributed by atoms with van der Waals surface area (Å²) >= 11 is 0. The number of hydrogen-bond donors (Lipinski definition) is 0. The monoisotopic (exact) mass is 187 g/mol. The van der Waals surface area contributed by atoms with Crippen LogP contribution in [0.3, 0.4) is 0 Å². The zero-order valence-corrected chi connectivity index (χ0v) is 6.28. The maximum Gasteiger partial charge on any atom is 0.505 e. The van der Waals surface area contributed by atoms with Crippen molar-refractivity contribution in [2.24, 2.45) is 0 Å². The summed E-state index contributed by atoms with van der Waals surface area (Å²) in [5.41, 5.74) is 0.204. The van der Waals surface area contributed by atoms with Gasteiger partial charge in [0.2, 0.25) is 0 Å². The third-order valence-corrected chi connectivity index (χ3v) is 1.58. The summed E-state index contributed by atoms with van der Waals surface area (Å²) in [6.07, 6.45) is -1.97. The van der Waals surface area contributed by atoms with E-state index in [0.717, 1.165) is 6.20 Å². The fourth-order valence-electron chi connectivity index (χ4n) is 1.06. The molecular weight excluding hydrogens is 183 g/mol. The minimum atomic E-state index is -4.48. The van der Waals surface area contributed by atoms with Gasteiger partial charge in [0.15, 0.2) is 0 Å². The third-order valence-electron chi connectivity index (χ3n) is 1.58. The highest BCUT2D eigenvalue weighted by molar-refractivity contribution is 5.73. The molecule has 0 aliphatic carbocycles. The maximum atomic E-state index is 12.2. The lowest BCUT2D eigenvalue weighted by atomic mass is 10.4. The first-order valence-corrected chi connectivity index (χ1v) is 3.45. The van der Waals surface area contributed by atoms with Crippen molar-refractivity contribution in [3.05, 3.63) is 24.5 Å². The zero-order chi connectivity index (χ0) is 9.47. The molecule has 0 aromatic carbocycles. The van der Waals surface area contributed by atoms with Gasteiger partial charge in [0.1, 0.15) is 5.52 Å². The van der Waals surface area contributed by atoms with Crippen molar-refractivity contribution < 1.29 is 13.2 Å². The van der Waals surface area contributed by atoms with Crippen LogP contribution in [0.1, 0.15) is 0 Å². The Morgan fingerprint density at radius 1 is 1.31 bits per heavy atom. The first-order chi connectivity index (χ1) is 6.09. The van der Waals surface area contributed by atoms with Crippen molar-refractivity contribution in [1.82, 2.24) is 14.8 Å². The van der Waals surface area contributed by atoms with E-state index in [4.69, 9.17) is 0 Å². The molecule has 68 valence electrons. The summed E-state index contributed by atoms with van der Waals surface area (Å²) in [6, 6.07) is 2.76. The molecule has 0 atom stereocenters. The number of aromatic nitrogens is 3. The van der Waals surface area contributed by atoms with Crippen LogP contribution in [0.15, 0.2) is 24.5 Å². The lowest BCUT2D eigenvalue weighted by Crippen LogP contribution is -2.17. The molecule has 0 aliphatic heterocycles. The minimum Gasteiger partial charge on any atom is -0.253 e. The standard InChI is InChI=1S/C7H4F3N3/c8-7(9,10)13-6-2-1-3-11-5(6)4-12-13/h1-4H. The normalized spacial score (nSPS) is 12.2. The number of hydrogen-bond acceptors (Lipinski definition) is 2. The van der Waals surface area contributed by atoms with E-state index >= 15 is 0 Å². The number of pyridine rings is 1. The number of halogens is 3. The van der Waals surface area contributed by atoms with E-state index in [-0.39, 0.29) is 15.7 Å². The zero-order valence-electron chi connectivity index (χ0n) is 6.28. The van der Waals surface area contributed by atoms with Crippen LogP contribution in [0.5, 0.6) is 0 Å². The number of alkyl halides is 3. The van der Waals surface area contributed by atoms with Crippen molar-refractivity contribution in [2.75, 3.05) is 0 Å². The van der Waals surface area contributed by atoms with E-state index in [1.165, 1.54) is 18.3 Å². The van der Waals surface area contributed by atoms with Gasteiger partial charge in [-0.25, -0.2) is 0 Å². The molecule has 3 nitrogen and oxygen atoms in total. The Labute approximate surface area is 70.8 Å². The summed E-state index contributed by atoms with van der Waals surface area (Å²) in [7, 11) is 0. The highest BCUT2D eigenvalue weighted by Gasteiger charge is 2.33. The number of nitrogens with zero attached hydrogens (tertiary/aromatic N) is 3. The lowest BCUT2D eigenvalue weighted by molar-refractivity contribution is -0.209. The molecule has 2 aromatic rings. The predicted molar refractivity (Wildman–Crippen MR) is 38.8 cm³/mol. The van der Waals surface area contributed by atoms with Crippen molar-refractivity contribution in [3.8, 4) is 0 Å². The van der Waals surface area contributed by atoms with Gasteiger partial charge in [-0.15, -0.1) is 13.2 Å². The second-order valence-corrected chi connectivity index (χ2v) is 2.43. The highest BCUT2D eigenvalue weighted by Crippen LogP contribution is 2.25. The van der Waals surface area contributed by atoms with Gasteiger partial charge >= 0.3 is 6.30 Å². The molecule has 2 rings (SSSR count). The molecule has 2 aromatic heterocycles. The summed E-state index contributed by atoms with van der Waals surface area (Å²) in [5.74, 6) is 0. The Balaban J connectivity index is 2.72. The molecule has 13 heavy (non-hydrogen) atoms. The van der Waals surface area contributed by atoms with E-state index in [9.17, 15) is 13.2 Å². The van der Waals surface area contributed by atoms with Gasteiger partial charge in [-0.05, 0) is 12.1 Å². The van der Waals surface area contributed by atoms with Gasteiger partial charge in [-0.1, -0.05) is 0 Å². The first kappa shape index (κ1) is 8.03. The predicted octanol–water partition coefficient (Wildman–Crippen LogP) is 1.91. The van der Waals surface area contributed by atoms with E-state index < -0.39 is 6.30 Å². The third kappa shape index (κ3) is 1.24. The van der Waals surface area contributed by atoms with Gasteiger partial charge in [-0.3, -0.25) is 4.98 Å². The van der Waals surface area contributed by atoms with Gasteiger partial charge in [0.05, 0.1) is 11.7 Å². The van der Waals surface area contributed by atoms with E-state index in [2.05, 4.69) is 10.1 Å². The smallest absolute Gasteiger partial charge is 0.253 e. The molecular formula is C7H4F3N3. The molecule has 0 N–H and O–H groups in total. The Kier molecular flexibility index (Phi) is 1.51. The van der Waals surface area contributed by atoms with E-state index in [1.54, 1.807) is 0 Å².